The Morgan fingerprint density at radius 2 is 1.91 bits per heavy atom. The second-order valence-corrected chi connectivity index (χ2v) is 11.3. The molecule has 3 atom stereocenters. The van der Waals surface area contributed by atoms with E-state index in [0.717, 1.165) is 11.6 Å². The zero-order valence-corrected chi connectivity index (χ0v) is 25.5. The Morgan fingerprint density at radius 3 is 2.54 bits per heavy atom. The summed E-state index contributed by atoms with van der Waals surface area (Å²) < 4.78 is 60.0. The molecule has 246 valence electrons. The molecule has 0 aliphatic carbocycles. The average Bonchev–Trinajstić information content (AvgIpc) is 3.38. The van der Waals surface area contributed by atoms with Crippen LogP contribution >= 0.6 is 0 Å². The standard InChI is InChI=1S/C32H38F4N8O2/c1-4-23(41-30(38)39)12-19(3)40-16-20-8-10-24(11-9-20)44-17-22-15-26(42-29(22)43-31(44)45)25-13-21(7-5-6-18(2)37)14-27(28(25)33)46-32(34,35)36/h4,8-11,13-15,17-19,23,40H,1,5-7,12,16,37H2,2-3H3,(H4,38,39,41)(H,42,43,45)/t18-,19+,23+/m0/s1. The Bertz CT molecular complexity index is 1730. The third kappa shape index (κ3) is 9.17. The molecule has 0 unspecified atom stereocenters. The van der Waals surface area contributed by atoms with Crippen molar-refractivity contribution >= 4 is 17.0 Å². The molecule has 0 aliphatic rings. The van der Waals surface area contributed by atoms with Gasteiger partial charge in [0.25, 0.3) is 0 Å². The molecule has 0 spiro atoms. The highest BCUT2D eigenvalue weighted by Crippen LogP contribution is 2.35. The van der Waals surface area contributed by atoms with Crippen LogP contribution in [0.3, 0.4) is 0 Å². The van der Waals surface area contributed by atoms with Crippen LogP contribution in [0.4, 0.5) is 17.6 Å². The number of nitrogens with two attached hydrogens (primary N) is 2. The molecule has 14 heteroatoms. The van der Waals surface area contributed by atoms with Crippen LogP contribution in [0.15, 0.2) is 66.1 Å². The van der Waals surface area contributed by atoms with E-state index in [2.05, 4.69) is 31.9 Å². The largest absolute Gasteiger partial charge is 0.573 e. The first kappa shape index (κ1) is 34.2. The van der Waals surface area contributed by atoms with Crippen molar-refractivity contribution in [3.8, 4) is 22.7 Å². The van der Waals surface area contributed by atoms with Crippen molar-refractivity contribution in [3.63, 3.8) is 0 Å². The van der Waals surface area contributed by atoms with Gasteiger partial charge in [-0.2, -0.15) is 4.98 Å². The van der Waals surface area contributed by atoms with E-state index in [1.165, 1.54) is 22.9 Å². The molecule has 4 aromatic rings. The first-order valence-electron chi connectivity index (χ1n) is 14.7. The van der Waals surface area contributed by atoms with Crippen LogP contribution in [0.1, 0.15) is 44.2 Å². The molecule has 10 nitrogen and oxygen atoms in total. The normalized spacial score (nSPS) is 13.7. The Kier molecular flexibility index (Phi) is 10.9. The van der Waals surface area contributed by atoms with E-state index in [1.807, 2.05) is 26.0 Å². The third-order valence-electron chi connectivity index (χ3n) is 7.35. The summed E-state index contributed by atoms with van der Waals surface area (Å²) in [5.74, 6) is -2.26. The molecule has 0 amide bonds. The van der Waals surface area contributed by atoms with Crippen molar-refractivity contribution in [1.82, 2.24) is 25.2 Å². The lowest BCUT2D eigenvalue weighted by Gasteiger charge is -2.20. The van der Waals surface area contributed by atoms with Crippen LogP contribution < -0.4 is 32.5 Å². The number of nitrogens with zero attached hydrogens (tertiary/aromatic N) is 2. The van der Waals surface area contributed by atoms with Gasteiger partial charge >= 0.3 is 12.1 Å². The summed E-state index contributed by atoms with van der Waals surface area (Å²) in [4.78, 5) is 19.9. The van der Waals surface area contributed by atoms with Gasteiger partial charge in [0.1, 0.15) is 5.65 Å². The summed E-state index contributed by atoms with van der Waals surface area (Å²) in [6.45, 7) is 8.15. The van der Waals surface area contributed by atoms with Crippen molar-refractivity contribution < 1.29 is 22.3 Å². The van der Waals surface area contributed by atoms with Crippen LogP contribution in [0.25, 0.3) is 28.0 Å². The number of nitrogens with one attached hydrogen (secondary N) is 4. The average molecular weight is 643 g/mol. The van der Waals surface area contributed by atoms with Crippen molar-refractivity contribution in [3.05, 3.63) is 88.7 Å². The molecular weight excluding hydrogens is 604 g/mol. The van der Waals surface area contributed by atoms with Crippen LogP contribution in [0.5, 0.6) is 5.75 Å². The number of hydrogen-bond donors (Lipinski definition) is 6. The summed E-state index contributed by atoms with van der Waals surface area (Å²) in [5, 5.41) is 14.1. The number of aryl methyl sites for hydroxylation is 1. The number of H-pyrrole nitrogens is 1. The van der Waals surface area contributed by atoms with Gasteiger partial charge < -0.3 is 31.8 Å². The van der Waals surface area contributed by atoms with Gasteiger partial charge in [0.15, 0.2) is 17.5 Å². The highest BCUT2D eigenvalue weighted by atomic mass is 19.4. The van der Waals surface area contributed by atoms with Crippen molar-refractivity contribution in [2.24, 2.45) is 11.5 Å². The second kappa shape index (κ2) is 14.6. The Hall–Kier alpha value is -4.69. The van der Waals surface area contributed by atoms with Gasteiger partial charge in [-0.3, -0.25) is 9.98 Å². The van der Waals surface area contributed by atoms with E-state index in [0.29, 0.717) is 48.9 Å². The maximum absolute atomic E-state index is 15.4. The molecular formula is C32H38F4N8O2. The summed E-state index contributed by atoms with van der Waals surface area (Å²) in [5.41, 5.74) is 12.7. The van der Waals surface area contributed by atoms with E-state index in [4.69, 9.17) is 16.9 Å². The maximum atomic E-state index is 15.4. The minimum Gasteiger partial charge on any atom is -0.403 e. The number of aromatic amines is 1. The predicted octanol–water partition coefficient (Wildman–Crippen LogP) is 4.99. The highest BCUT2D eigenvalue weighted by molar-refractivity contribution is 5.83. The van der Waals surface area contributed by atoms with E-state index in [1.54, 1.807) is 18.2 Å². The molecule has 2 aromatic carbocycles. The predicted molar refractivity (Wildman–Crippen MR) is 170 cm³/mol. The van der Waals surface area contributed by atoms with Gasteiger partial charge in [0.2, 0.25) is 0 Å². The lowest BCUT2D eigenvalue weighted by atomic mass is 10.0. The van der Waals surface area contributed by atoms with Gasteiger partial charge in [-0.05, 0) is 81.0 Å². The van der Waals surface area contributed by atoms with Crippen molar-refractivity contribution in [1.29, 1.82) is 5.41 Å². The molecule has 0 aliphatic heterocycles. The number of guanidine groups is 1. The summed E-state index contributed by atoms with van der Waals surface area (Å²) >= 11 is 0. The number of halogens is 4. The van der Waals surface area contributed by atoms with E-state index in [9.17, 15) is 18.0 Å². The molecule has 2 aromatic heterocycles. The van der Waals surface area contributed by atoms with Gasteiger partial charge in [-0.15, -0.1) is 19.8 Å². The summed E-state index contributed by atoms with van der Waals surface area (Å²) in [6.07, 6.45) is 0.404. The van der Waals surface area contributed by atoms with Gasteiger partial charge in [-0.25, -0.2) is 9.18 Å². The highest BCUT2D eigenvalue weighted by Gasteiger charge is 2.33. The van der Waals surface area contributed by atoms with Crippen molar-refractivity contribution in [2.75, 3.05) is 0 Å². The third-order valence-corrected chi connectivity index (χ3v) is 7.35. The van der Waals surface area contributed by atoms with Crippen LogP contribution in [-0.4, -0.2) is 45.0 Å². The SMILES string of the molecule is C=C[C@H](C[C@@H](C)NCc1ccc(-n2cc3cc(-c4cc(CCC[C@H](C)N)cc(OC(F)(F)F)c4F)[nH]c3nc2=O)cc1)NC(=N)N. The zero-order valence-electron chi connectivity index (χ0n) is 25.5. The van der Waals surface area contributed by atoms with Crippen LogP contribution in [0, 0.1) is 11.2 Å². The number of alkyl halides is 3. The lowest BCUT2D eigenvalue weighted by Crippen LogP contribution is -2.41. The minimum absolute atomic E-state index is 0.0859. The van der Waals surface area contributed by atoms with Crippen molar-refractivity contribution in [2.45, 2.75) is 70.6 Å². The summed E-state index contributed by atoms with van der Waals surface area (Å²) in [7, 11) is 0. The van der Waals surface area contributed by atoms with E-state index >= 15 is 4.39 Å². The van der Waals surface area contributed by atoms with Gasteiger partial charge in [0.05, 0.1) is 11.4 Å². The minimum atomic E-state index is -5.08. The summed E-state index contributed by atoms with van der Waals surface area (Å²) in [6, 6.07) is 11.1. The molecule has 46 heavy (non-hydrogen) atoms. The Labute approximate surface area is 263 Å². The number of ether oxygens (including phenoxy) is 1. The molecule has 4 rings (SSSR count). The fourth-order valence-electron chi connectivity index (χ4n) is 5.09. The van der Waals surface area contributed by atoms with Crippen LogP contribution in [0.2, 0.25) is 0 Å². The fraction of sp³-hybridized carbons (Fsp3) is 0.344. The zero-order chi connectivity index (χ0) is 33.6. The molecule has 2 heterocycles. The van der Waals surface area contributed by atoms with E-state index in [-0.39, 0.29) is 41.0 Å². The quantitative estimate of drug-likeness (QED) is 0.0489. The van der Waals surface area contributed by atoms with E-state index < -0.39 is 23.6 Å². The molecule has 0 fully saturated rings. The molecule has 0 saturated carbocycles. The fourth-order valence-corrected chi connectivity index (χ4v) is 5.09. The number of aromatic nitrogens is 3. The first-order valence-corrected chi connectivity index (χ1v) is 14.7. The van der Waals surface area contributed by atoms with Gasteiger partial charge in [-0.1, -0.05) is 18.2 Å². The van der Waals surface area contributed by atoms with Crippen LogP contribution in [-0.2, 0) is 13.0 Å². The molecule has 0 radical (unpaired) electrons. The number of rotatable bonds is 14. The maximum Gasteiger partial charge on any atom is 0.573 e. The number of benzene rings is 2. The second-order valence-electron chi connectivity index (χ2n) is 11.3. The van der Waals surface area contributed by atoms with Gasteiger partial charge in [0, 0.05) is 41.8 Å². The molecule has 0 saturated heterocycles. The molecule has 0 bridgehead atoms. The Balaban J connectivity index is 1.56. The lowest BCUT2D eigenvalue weighted by molar-refractivity contribution is -0.275. The number of hydrogen-bond acceptors (Lipinski definition) is 6. The smallest absolute Gasteiger partial charge is 0.403 e. The Morgan fingerprint density at radius 1 is 1.20 bits per heavy atom. The molecule has 8 N–H and O–H groups in total. The first-order chi connectivity index (χ1) is 21.7. The topological polar surface area (TPSA) is 160 Å². The monoisotopic (exact) mass is 642 g/mol. The number of fused-ring (bicyclic) bond motifs is 1.